The van der Waals surface area contributed by atoms with Crippen LogP contribution in [0.5, 0.6) is 0 Å². The van der Waals surface area contributed by atoms with E-state index in [4.69, 9.17) is 0 Å². The predicted octanol–water partition coefficient (Wildman–Crippen LogP) is 5.06. The maximum atomic E-state index is 11.9. The highest BCUT2D eigenvalue weighted by molar-refractivity contribution is 9.10. The molecule has 6 heteroatoms. The maximum absolute atomic E-state index is 11.9. The Morgan fingerprint density at radius 1 is 1.08 bits per heavy atom. The number of benzene rings is 2. The van der Waals surface area contributed by atoms with Gasteiger partial charge >= 0.3 is 5.97 Å². The Balaban J connectivity index is 1.96. The summed E-state index contributed by atoms with van der Waals surface area (Å²) in [6.45, 7) is 2.00. The van der Waals surface area contributed by atoms with Crippen LogP contribution in [0.15, 0.2) is 59.1 Å². The molecule has 0 atom stereocenters. The third kappa shape index (κ3) is 2.88. The Kier molecular flexibility index (Phi) is 4.05. The lowest BCUT2D eigenvalue weighted by Gasteiger charge is -2.06. The number of hydrogen-bond donors (Lipinski definition) is 2. The summed E-state index contributed by atoms with van der Waals surface area (Å²) in [5.74, 6) is -1.01. The molecule has 0 aliphatic heterocycles. The molecule has 2 aromatic heterocycles. The lowest BCUT2D eigenvalue weighted by Crippen LogP contribution is -2.00. The molecule has 2 aromatic carbocycles. The topological polar surface area (TPSA) is 78.9 Å². The van der Waals surface area contributed by atoms with Crippen LogP contribution >= 0.6 is 15.9 Å². The second-order valence-electron chi connectivity index (χ2n) is 6.03. The molecular formula is C20H14BrN3O2. The molecular weight excluding hydrogens is 394 g/mol. The molecule has 0 aliphatic carbocycles. The van der Waals surface area contributed by atoms with Crippen LogP contribution in [0.4, 0.5) is 0 Å². The summed E-state index contributed by atoms with van der Waals surface area (Å²) in [6, 6.07) is 17.0. The van der Waals surface area contributed by atoms with Gasteiger partial charge in [-0.3, -0.25) is 5.10 Å². The van der Waals surface area contributed by atoms with E-state index in [1.54, 1.807) is 6.07 Å². The highest BCUT2D eigenvalue weighted by Crippen LogP contribution is 2.32. The van der Waals surface area contributed by atoms with E-state index in [9.17, 15) is 9.90 Å². The van der Waals surface area contributed by atoms with Crippen molar-refractivity contribution in [2.24, 2.45) is 0 Å². The molecule has 0 fully saturated rings. The number of halogens is 1. The van der Waals surface area contributed by atoms with Gasteiger partial charge in [-0.2, -0.15) is 5.10 Å². The van der Waals surface area contributed by atoms with Gasteiger partial charge in [0.1, 0.15) is 0 Å². The minimum atomic E-state index is -1.01. The SMILES string of the molecule is Cc1ccc(-c2[nH]nc3nc(-c4cccc(Br)c4)cc(C(=O)O)c23)cc1. The normalized spacial score (nSPS) is 11.0. The van der Waals surface area contributed by atoms with Crippen molar-refractivity contribution in [1.82, 2.24) is 15.2 Å². The molecule has 2 heterocycles. The number of hydrogen-bond acceptors (Lipinski definition) is 3. The number of aromatic carboxylic acids is 1. The molecule has 2 N–H and O–H groups in total. The van der Waals surface area contributed by atoms with Crippen molar-refractivity contribution < 1.29 is 9.90 Å². The fourth-order valence-electron chi connectivity index (χ4n) is 2.92. The fraction of sp³-hybridized carbons (Fsp3) is 0.0500. The number of carbonyl (C=O) groups is 1. The molecule has 0 bridgehead atoms. The van der Waals surface area contributed by atoms with Crippen LogP contribution in [0.3, 0.4) is 0 Å². The van der Waals surface area contributed by atoms with E-state index in [1.807, 2.05) is 55.5 Å². The first kappa shape index (κ1) is 16.5. The smallest absolute Gasteiger partial charge is 0.336 e. The number of nitrogens with one attached hydrogen (secondary N) is 1. The van der Waals surface area contributed by atoms with E-state index in [0.717, 1.165) is 21.2 Å². The maximum Gasteiger partial charge on any atom is 0.336 e. The van der Waals surface area contributed by atoms with Gasteiger partial charge in [-0.1, -0.05) is 57.9 Å². The third-order valence-corrected chi connectivity index (χ3v) is 4.71. The number of rotatable bonds is 3. The lowest BCUT2D eigenvalue weighted by atomic mass is 10.0. The van der Waals surface area contributed by atoms with E-state index in [-0.39, 0.29) is 5.56 Å². The molecule has 0 saturated heterocycles. The molecule has 0 spiro atoms. The molecule has 0 aliphatic rings. The van der Waals surface area contributed by atoms with E-state index in [0.29, 0.717) is 22.4 Å². The van der Waals surface area contributed by atoms with E-state index in [1.165, 1.54) is 0 Å². The summed E-state index contributed by atoms with van der Waals surface area (Å²) in [6.07, 6.45) is 0. The van der Waals surface area contributed by atoms with Crippen molar-refractivity contribution >= 4 is 32.9 Å². The molecule has 0 amide bonds. The van der Waals surface area contributed by atoms with Crippen LogP contribution in [0.1, 0.15) is 15.9 Å². The molecule has 4 aromatic rings. The molecule has 0 radical (unpaired) electrons. The number of nitrogens with zero attached hydrogens (tertiary/aromatic N) is 2. The summed E-state index contributed by atoms with van der Waals surface area (Å²) in [5.41, 5.74) is 4.61. The highest BCUT2D eigenvalue weighted by Gasteiger charge is 2.19. The molecule has 26 heavy (non-hydrogen) atoms. The quantitative estimate of drug-likeness (QED) is 0.497. The van der Waals surface area contributed by atoms with Gasteiger partial charge in [0.2, 0.25) is 0 Å². The lowest BCUT2D eigenvalue weighted by molar-refractivity contribution is 0.0699. The predicted molar refractivity (Wildman–Crippen MR) is 104 cm³/mol. The minimum absolute atomic E-state index is 0.175. The van der Waals surface area contributed by atoms with Crippen LogP contribution in [-0.2, 0) is 0 Å². The van der Waals surface area contributed by atoms with Crippen LogP contribution < -0.4 is 0 Å². The first-order valence-corrected chi connectivity index (χ1v) is 8.77. The average molecular weight is 408 g/mol. The number of pyridine rings is 1. The number of aromatic nitrogens is 3. The van der Waals surface area contributed by atoms with Gasteiger partial charge in [0.25, 0.3) is 0 Å². The van der Waals surface area contributed by atoms with Gasteiger partial charge in [-0.05, 0) is 25.1 Å². The van der Waals surface area contributed by atoms with Gasteiger partial charge in [-0.15, -0.1) is 0 Å². The Morgan fingerprint density at radius 2 is 1.85 bits per heavy atom. The van der Waals surface area contributed by atoms with Crippen molar-refractivity contribution in [3.8, 4) is 22.5 Å². The zero-order valence-corrected chi connectivity index (χ0v) is 15.4. The summed E-state index contributed by atoms with van der Waals surface area (Å²) >= 11 is 3.43. The average Bonchev–Trinajstić information content (AvgIpc) is 3.05. The second kappa shape index (κ2) is 6.38. The van der Waals surface area contributed by atoms with Crippen LogP contribution in [0.25, 0.3) is 33.5 Å². The Labute approximate surface area is 157 Å². The monoisotopic (exact) mass is 407 g/mol. The van der Waals surface area contributed by atoms with Crippen molar-refractivity contribution in [2.75, 3.05) is 0 Å². The zero-order chi connectivity index (χ0) is 18.3. The fourth-order valence-corrected chi connectivity index (χ4v) is 3.32. The zero-order valence-electron chi connectivity index (χ0n) is 13.8. The van der Waals surface area contributed by atoms with Crippen molar-refractivity contribution in [3.63, 3.8) is 0 Å². The summed E-state index contributed by atoms with van der Waals surface area (Å²) in [4.78, 5) is 16.5. The minimum Gasteiger partial charge on any atom is -0.478 e. The highest BCUT2D eigenvalue weighted by atomic mass is 79.9. The molecule has 5 nitrogen and oxygen atoms in total. The Morgan fingerprint density at radius 3 is 2.54 bits per heavy atom. The number of carboxylic acid groups (broad SMARTS) is 1. The van der Waals surface area contributed by atoms with E-state index in [2.05, 4.69) is 31.1 Å². The summed E-state index contributed by atoms with van der Waals surface area (Å²) in [7, 11) is 0. The van der Waals surface area contributed by atoms with Gasteiger partial charge in [0.05, 0.1) is 22.3 Å². The molecule has 0 saturated carbocycles. The largest absolute Gasteiger partial charge is 0.478 e. The second-order valence-corrected chi connectivity index (χ2v) is 6.95. The van der Waals surface area contributed by atoms with Gasteiger partial charge in [0, 0.05) is 15.6 Å². The van der Waals surface area contributed by atoms with E-state index >= 15 is 0 Å². The van der Waals surface area contributed by atoms with Gasteiger partial charge in [-0.25, -0.2) is 9.78 Å². The standard InChI is InChI=1S/C20H14BrN3O2/c1-11-5-7-12(8-6-11)18-17-15(20(25)26)10-16(22-19(17)24-23-18)13-3-2-4-14(21)9-13/h2-10H,1H3,(H,25,26)(H,22,23,24). The number of carboxylic acids is 1. The summed E-state index contributed by atoms with van der Waals surface area (Å²) < 4.78 is 0.899. The number of aryl methyl sites for hydroxylation is 1. The third-order valence-electron chi connectivity index (χ3n) is 4.21. The van der Waals surface area contributed by atoms with Crippen LogP contribution in [-0.4, -0.2) is 26.3 Å². The van der Waals surface area contributed by atoms with E-state index < -0.39 is 5.97 Å². The molecule has 0 unspecified atom stereocenters. The van der Waals surface area contributed by atoms with Crippen molar-refractivity contribution in [2.45, 2.75) is 6.92 Å². The van der Waals surface area contributed by atoms with Crippen molar-refractivity contribution in [3.05, 3.63) is 70.2 Å². The van der Waals surface area contributed by atoms with Crippen LogP contribution in [0.2, 0.25) is 0 Å². The number of fused-ring (bicyclic) bond motifs is 1. The van der Waals surface area contributed by atoms with Gasteiger partial charge in [0.15, 0.2) is 5.65 Å². The Hall–Kier alpha value is -2.99. The van der Waals surface area contributed by atoms with Crippen LogP contribution in [0, 0.1) is 6.92 Å². The number of aromatic amines is 1. The Bertz CT molecular complexity index is 1130. The van der Waals surface area contributed by atoms with Crippen molar-refractivity contribution in [1.29, 1.82) is 0 Å². The first-order valence-electron chi connectivity index (χ1n) is 7.98. The first-order chi connectivity index (χ1) is 12.5. The van der Waals surface area contributed by atoms with Gasteiger partial charge < -0.3 is 5.11 Å². The molecule has 128 valence electrons. The number of H-pyrrole nitrogens is 1. The molecule has 4 rings (SSSR count). The summed E-state index contributed by atoms with van der Waals surface area (Å²) in [5, 5.41) is 17.5.